The summed E-state index contributed by atoms with van der Waals surface area (Å²) in [5.74, 6) is 1.13. The summed E-state index contributed by atoms with van der Waals surface area (Å²) < 4.78 is 28.6. The molecule has 1 saturated carbocycles. The van der Waals surface area contributed by atoms with E-state index >= 15 is 0 Å². The first kappa shape index (κ1) is 15.0. The highest BCUT2D eigenvalue weighted by atomic mass is 35.5. The third kappa shape index (κ3) is 3.14. The van der Waals surface area contributed by atoms with Crippen LogP contribution < -0.4 is 0 Å². The number of rotatable bonds is 4. The third-order valence-electron chi connectivity index (χ3n) is 4.78. The Hall–Kier alpha value is 0.120. The molecule has 7 heteroatoms. The SMILES string of the molecule is O=S(=O)(N1CCC(CCl)CC1)N1CCN(C2CC2)CC1. The van der Waals surface area contributed by atoms with Gasteiger partial charge in [-0.1, -0.05) is 0 Å². The van der Waals surface area contributed by atoms with Gasteiger partial charge in [-0.3, -0.25) is 4.90 Å². The first-order valence-electron chi connectivity index (χ1n) is 7.66. The molecule has 0 aromatic carbocycles. The van der Waals surface area contributed by atoms with E-state index in [9.17, 15) is 8.42 Å². The monoisotopic (exact) mass is 321 g/mol. The summed E-state index contributed by atoms with van der Waals surface area (Å²) in [7, 11) is -3.25. The number of piperidine rings is 1. The van der Waals surface area contributed by atoms with Gasteiger partial charge in [0.05, 0.1) is 0 Å². The summed E-state index contributed by atoms with van der Waals surface area (Å²) in [4.78, 5) is 2.44. The van der Waals surface area contributed by atoms with Crippen LogP contribution in [0.1, 0.15) is 25.7 Å². The molecular formula is C13H24ClN3O2S. The molecule has 0 spiro atoms. The van der Waals surface area contributed by atoms with Crippen LogP contribution in [0.25, 0.3) is 0 Å². The van der Waals surface area contributed by atoms with Crippen molar-refractivity contribution < 1.29 is 8.42 Å². The quantitative estimate of drug-likeness (QED) is 0.725. The van der Waals surface area contributed by atoms with Crippen LogP contribution in [0.3, 0.4) is 0 Å². The van der Waals surface area contributed by atoms with E-state index < -0.39 is 10.2 Å². The molecule has 3 aliphatic rings. The molecule has 3 fully saturated rings. The third-order valence-corrected chi connectivity index (χ3v) is 7.25. The smallest absolute Gasteiger partial charge is 0.282 e. The Morgan fingerprint density at radius 1 is 0.850 bits per heavy atom. The fourth-order valence-electron chi connectivity index (χ4n) is 3.20. The van der Waals surface area contributed by atoms with Crippen LogP contribution in [-0.2, 0) is 10.2 Å². The van der Waals surface area contributed by atoms with Gasteiger partial charge in [-0.15, -0.1) is 11.6 Å². The molecule has 0 aromatic rings. The van der Waals surface area contributed by atoms with Gasteiger partial charge in [0.15, 0.2) is 0 Å². The molecule has 2 saturated heterocycles. The highest BCUT2D eigenvalue weighted by molar-refractivity contribution is 7.86. The lowest BCUT2D eigenvalue weighted by Crippen LogP contribution is -2.54. The number of hydrogen-bond acceptors (Lipinski definition) is 3. The molecule has 0 atom stereocenters. The zero-order valence-corrected chi connectivity index (χ0v) is 13.4. The lowest BCUT2D eigenvalue weighted by molar-refractivity contribution is 0.170. The summed E-state index contributed by atoms with van der Waals surface area (Å²) in [5, 5.41) is 0. The van der Waals surface area contributed by atoms with Crippen LogP contribution >= 0.6 is 11.6 Å². The van der Waals surface area contributed by atoms with E-state index in [2.05, 4.69) is 4.90 Å². The van der Waals surface area contributed by atoms with E-state index in [1.807, 2.05) is 0 Å². The van der Waals surface area contributed by atoms with Gasteiger partial charge in [0.25, 0.3) is 10.2 Å². The second kappa shape index (κ2) is 6.08. The minimum absolute atomic E-state index is 0.481. The van der Waals surface area contributed by atoms with Gasteiger partial charge >= 0.3 is 0 Å². The maximum atomic E-state index is 12.6. The predicted molar refractivity (Wildman–Crippen MR) is 80.1 cm³/mol. The molecule has 0 amide bonds. The summed E-state index contributed by atoms with van der Waals surface area (Å²) in [6, 6.07) is 0.735. The van der Waals surface area contributed by atoms with Crippen molar-refractivity contribution in [2.24, 2.45) is 5.92 Å². The van der Waals surface area contributed by atoms with Crippen molar-refractivity contribution >= 4 is 21.8 Å². The minimum Gasteiger partial charge on any atom is -0.298 e. The van der Waals surface area contributed by atoms with Gasteiger partial charge in [0.1, 0.15) is 0 Å². The van der Waals surface area contributed by atoms with Gasteiger partial charge in [-0.05, 0) is 31.6 Å². The van der Waals surface area contributed by atoms with E-state index in [1.165, 1.54) is 12.8 Å². The van der Waals surface area contributed by atoms with Crippen molar-refractivity contribution in [2.45, 2.75) is 31.7 Å². The Morgan fingerprint density at radius 2 is 1.40 bits per heavy atom. The molecular weight excluding hydrogens is 298 g/mol. The van der Waals surface area contributed by atoms with E-state index in [1.54, 1.807) is 8.61 Å². The first-order chi connectivity index (χ1) is 9.61. The number of halogens is 1. The number of piperazine rings is 1. The second-order valence-electron chi connectivity index (χ2n) is 6.17. The molecule has 1 aliphatic carbocycles. The zero-order chi connectivity index (χ0) is 14.2. The number of alkyl halides is 1. The normalized spacial score (nSPS) is 28.9. The molecule has 0 N–H and O–H groups in total. The average Bonchev–Trinajstić information content (AvgIpc) is 3.32. The van der Waals surface area contributed by atoms with E-state index in [0.717, 1.165) is 32.0 Å². The average molecular weight is 322 g/mol. The molecule has 2 aliphatic heterocycles. The van der Waals surface area contributed by atoms with E-state index in [-0.39, 0.29) is 0 Å². The van der Waals surface area contributed by atoms with E-state index in [0.29, 0.717) is 38.0 Å². The summed E-state index contributed by atoms with van der Waals surface area (Å²) in [6.45, 7) is 4.33. The Morgan fingerprint density at radius 3 is 1.90 bits per heavy atom. The summed E-state index contributed by atoms with van der Waals surface area (Å²) >= 11 is 5.86. The van der Waals surface area contributed by atoms with E-state index in [4.69, 9.17) is 11.6 Å². The zero-order valence-electron chi connectivity index (χ0n) is 11.9. The highest BCUT2D eigenvalue weighted by Gasteiger charge is 2.37. The van der Waals surface area contributed by atoms with Gasteiger partial charge < -0.3 is 0 Å². The van der Waals surface area contributed by atoms with Crippen molar-refractivity contribution in [1.82, 2.24) is 13.5 Å². The highest BCUT2D eigenvalue weighted by Crippen LogP contribution is 2.28. The van der Waals surface area contributed by atoms with Crippen molar-refractivity contribution in [3.63, 3.8) is 0 Å². The van der Waals surface area contributed by atoms with Crippen LogP contribution in [0, 0.1) is 5.92 Å². The first-order valence-corrected chi connectivity index (χ1v) is 9.59. The van der Waals surface area contributed by atoms with Crippen LogP contribution in [0.4, 0.5) is 0 Å². The number of nitrogens with zero attached hydrogens (tertiary/aromatic N) is 3. The van der Waals surface area contributed by atoms with Crippen molar-refractivity contribution in [1.29, 1.82) is 0 Å². The maximum Gasteiger partial charge on any atom is 0.282 e. The lowest BCUT2D eigenvalue weighted by Gasteiger charge is -2.38. The van der Waals surface area contributed by atoms with Crippen molar-refractivity contribution in [3.8, 4) is 0 Å². The van der Waals surface area contributed by atoms with Gasteiger partial charge in [-0.25, -0.2) is 0 Å². The fraction of sp³-hybridized carbons (Fsp3) is 1.00. The summed E-state index contributed by atoms with van der Waals surface area (Å²) in [6.07, 6.45) is 4.37. The number of hydrogen-bond donors (Lipinski definition) is 0. The predicted octanol–water partition coefficient (Wildman–Crippen LogP) is 0.962. The molecule has 0 bridgehead atoms. The van der Waals surface area contributed by atoms with Crippen molar-refractivity contribution in [2.75, 3.05) is 45.1 Å². The molecule has 0 aromatic heterocycles. The van der Waals surface area contributed by atoms with Crippen LogP contribution in [0.2, 0.25) is 0 Å². The fourth-order valence-corrected chi connectivity index (χ4v) is 5.13. The standard InChI is InChI=1S/C13H24ClN3O2S/c14-11-12-3-5-16(6-4-12)20(18,19)17-9-7-15(8-10-17)13-1-2-13/h12-13H,1-11H2. The van der Waals surface area contributed by atoms with Crippen LogP contribution in [0.5, 0.6) is 0 Å². The molecule has 116 valence electrons. The molecule has 0 unspecified atom stereocenters. The Labute approximate surface area is 127 Å². The molecule has 2 heterocycles. The minimum atomic E-state index is -3.25. The Bertz CT molecular complexity index is 425. The Kier molecular flexibility index (Phi) is 4.57. The van der Waals surface area contributed by atoms with Crippen LogP contribution in [-0.4, -0.2) is 73.1 Å². The van der Waals surface area contributed by atoms with Crippen molar-refractivity contribution in [3.05, 3.63) is 0 Å². The van der Waals surface area contributed by atoms with Gasteiger partial charge in [-0.2, -0.15) is 17.0 Å². The van der Waals surface area contributed by atoms with Gasteiger partial charge in [0.2, 0.25) is 0 Å². The van der Waals surface area contributed by atoms with Crippen LogP contribution in [0.15, 0.2) is 0 Å². The van der Waals surface area contributed by atoms with Gasteiger partial charge in [0, 0.05) is 51.2 Å². The largest absolute Gasteiger partial charge is 0.298 e. The summed E-state index contributed by atoms with van der Waals surface area (Å²) in [5.41, 5.74) is 0. The molecule has 0 radical (unpaired) electrons. The molecule has 20 heavy (non-hydrogen) atoms. The molecule has 3 rings (SSSR count). The topological polar surface area (TPSA) is 43.9 Å². The molecule has 5 nitrogen and oxygen atoms in total. The second-order valence-corrected chi connectivity index (χ2v) is 8.41. The lowest BCUT2D eigenvalue weighted by atomic mass is 10.0. The Balaban J connectivity index is 1.55. The maximum absolute atomic E-state index is 12.6.